The van der Waals surface area contributed by atoms with Gasteiger partial charge in [0.1, 0.15) is 25.1 Å². The number of rotatable bonds is 18. The summed E-state index contributed by atoms with van der Waals surface area (Å²) in [5.41, 5.74) is 7.15. The summed E-state index contributed by atoms with van der Waals surface area (Å²) in [5.74, 6) is -0.857. The minimum atomic E-state index is -1.27. The first-order chi connectivity index (χ1) is 23.8. The molecule has 4 amide bonds. The number of hydrogen-bond acceptors (Lipinski definition) is 10. The Morgan fingerprint density at radius 1 is 0.980 bits per heavy atom. The number of pyridine rings is 1. The second-order valence-corrected chi connectivity index (χ2v) is 13.2. The molecular formula is C36H53N7O7. The molecule has 1 aromatic carbocycles. The number of aliphatic hydroxyl groups excluding tert-OH is 2. The Morgan fingerprint density at radius 2 is 1.68 bits per heavy atom. The lowest BCUT2D eigenvalue weighted by Gasteiger charge is -2.30. The number of benzene rings is 1. The zero-order valence-corrected chi connectivity index (χ0v) is 29.6. The summed E-state index contributed by atoms with van der Waals surface area (Å²) >= 11 is 0. The summed E-state index contributed by atoms with van der Waals surface area (Å²) in [5, 5.41) is 29.3. The number of alkyl carbamates (subject to hydrolysis) is 1. The van der Waals surface area contributed by atoms with Crippen LogP contribution in [0, 0.1) is 11.8 Å². The molecule has 0 saturated carbocycles. The first-order valence-electron chi connectivity index (χ1n) is 17.1. The summed E-state index contributed by atoms with van der Waals surface area (Å²) in [6.45, 7) is 9.11. The maximum atomic E-state index is 14.1. The van der Waals surface area contributed by atoms with Crippen LogP contribution in [0.25, 0.3) is 0 Å². The zero-order valence-electron chi connectivity index (χ0n) is 29.6. The van der Waals surface area contributed by atoms with E-state index in [0.717, 1.165) is 12.0 Å². The van der Waals surface area contributed by atoms with Crippen molar-refractivity contribution in [3.63, 3.8) is 0 Å². The van der Waals surface area contributed by atoms with Crippen molar-refractivity contribution in [3.05, 3.63) is 72.2 Å². The van der Waals surface area contributed by atoms with Crippen LogP contribution in [0.2, 0.25) is 0 Å². The monoisotopic (exact) mass is 695 g/mol. The van der Waals surface area contributed by atoms with Crippen LogP contribution in [0.4, 0.5) is 10.6 Å². The average molecular weight is 696 g/mol. The summed E-state index contributed by atoms with van der Waals surface area (Å²) in [7, 11) is 0. The Balaban J connectivity index is 1.87. The predicted molar refractivity (Wildman–Crippen MR) is 189 cm³/mol. The van der Waals surface area contributed by atoms with E-state index in [4.69, 9.17) is 10.5 Å². The standard InChI is InChI=1S/C36H53N7O7/c1-6-24(4)30(20-44)39-33(46)18-31(45)28(16-23(2)3)40-34(47)29(41-36(49)50-21-26-12-8-7-9-13-26)17-27-19-42(35(48)25(5)37)22-43(27)32-14-10-11-15-38-32/h7-15,19,23-25,28-31,44-45H,6,16-18,20-22,37H2,1-5H3,(H,39,46)(H,40,47)(H,41,49)/t24-,25-,28-,29-,30+,31-/m0/s1. The lowest BCUT2D eigenvalue weighted by molar-refractivity contribution is -0.129. The van der Waals surface area contributed by atoms with Gasteiger partial charge in [0.05, 0.1) is 37.3 Å². The van der Waals surface area contributed by atoms with Gasteiger partial charge in [-0.2, -0.15) is 0 Å². The molecule has 7 N–H and O–H groups in total. The van der Waals surface area contributed by atoms with Crippen LogP contribution in [0.5, 0.6) is 0 Å². The molecule has 274 valence electrons. The summed E-state index contributed by atoms with van der Waals surface area (Å²) < 4.78 is 5.44. The van der Waals surface area contributed by atoms with Gasteiger partial charge in [-0.05, 0) is 42.9 Å². The SMILES string of the molecule is CC[C@H](C)[C@@H](CO)NC(=O)C[C@H](O)[C@H](CC(C)C)NC(=O)[C@H](CC1=CN(C(=O)[C@H](C)N)CN1c1ccccn1)NC(=O)OCc1ccccc1. The maximum Gasteiger partial charge on any atom is 0.408 e. The van der Waals surface area contributed by atoms with Gasteiger partial charge in [0.25, 0.3) is 0 Å². The normalized spacial score (nSPS) is 16.5. The van der Waals surface area contributed by atoms with Crippen molar-refractivity contribution in [3.8, 4) is 0 Å². The van der Waals surface area contributed by atoms with Crippen LogP contribution < -0.4 is 26.6 Å². The third kappa shape index (κ3) is 12.1. The molecule has 0 bridgehead atoms. The predicted octanol–water partition coefficient (Wildman–Crippen LogP) is 2.37. The lowest BCUT2D eigenvalue weighted by atomic mass is 9.95. The molecule has 3 rings (SSSR count). The van der Waals surface area contributed by atoms with Gasteiger partial charge < -0.3 is 41.5 Å². The molecule has 14 nitrogen and oxygen atoms in total. The van der Waals surface area contributed by atoms with Gasteiger partial charge in [0.2, 0.25) is 17.7 Å². The van der Waals surface area contributed by atoms with Crippen LogP contribution in [0.15, 0.2) is 66.6 Å². The molecular weight excluding hydrogens is 642 g/mol. The van der Waals surface area contributed by atoms with E-state index in [2.05, 4.69) is 20.9 Å². The lowest BCUT2D eigenvalue weighted by Crippen LogP contribution is -2.54. The fourth-order valence-electron chi connectivity index (χ4n) is 5.50. The number of nitrogens with one attached hydrogen (secondary N) is 3. The van der Waals surface area contributed by atoms with Gasteiger partial charge in [0, 0.05) is 24.5 Å². The van der Waals surface area contributed by atoms with Gasteiger partial charge >= 0.3 is 6.09 Å². The zero-order chi connectivity index (χ0) is 36.8. The molecule has 0 fully saturated rings. The quantitative estimate of drug-likeness (QED) is 0.135. The maximum absolute atomic E-state index is 14.1. The average Bonchev–Trinajstić information content (AvgIpc) is 3.52. The molecule has 1 aromatic heterocycles. The first-order valence-corrected chi connectivity index (χ1v) is 17.1. The third-order valence-corrected chi connectivity index (χ3v) is 8.56. The van der Waals surface area contributed by atoms with Gasteiger partial charge in [0.15, 0.2) is 0 Å². The highest BCUT2D eigenvalue weighted by Gasteiger charge is 2.34. The number of anilines is 1. The van der Waals surface area contributed by atoms with E-state index in [1.54, 1.807) is 54.6 Å². The summed E-state index contributed by atoms with van der Waals surface area (Å²) in [6, 6.07) is 11.0. The Hall–Kier alpha value is -4.53. The molecule has 1 aliphatic heterocycles. The molecule has 0 aliphatic carbocycles. The van der Waals surface area contributed by atoms with Crippen LogP contribution in [-0.2, 0) is 25.7 Å². The Morgan fingerprint density at radius 3 is 2.28 bits per heavy atom. The largest absolute Gasteiger partial charge is 0.445 e. The fraction of sp³-hybridized carbons (Fsp3) is 0.528. The molecule has 0 radical (unpaired) electrons. The number of amides is 4. The number of carbonyl (C=O) groups excluding carboxylic acids is 4. The molecule has 2 heterocycles. The van der Waals surface area contributed by atoms with Gasteiger partial charge in [-0.1, -0.05) is 70.5 Å². The molecule has 2 aromatic rings. The highest BCUT2D eigenvalue weighted by atomic mass is 16.5. The topological polar surface area (TPSA) is 199 Å². The molecule has 0 spiro atoms. The van der Waals surface area contributed by atoms with Crippen molar-refractivity contribution in [1.29, 1.82) is 0 Å². The van der Waals surface area contributed by atoms with Crippen LogP contribution in [0.1, 0.15) is 65.9 Å². The number of nitrogens with zero attached hydrogens (tertiary/aromatic N) is 3. The summed E-state index contributed by atoms with van der Waals surface area (Å²) in [4.78, 5) is 60.6. The highest BCUT2D eigenvalue weighted by Crippen LogP contribution is 2.27. The van der Waals surface area contributed by atoms with Crippen molar-refractivity contribution in [2.75, 3.05) is 18.2 Å². The van der Waals surface area contributed by atoms with Crippen molar-refractivity contribution >= 4 is 29.6 Å². The number of aliphatic hydroxyl groups is 2. The van der Waals surface area contributed by atoms with Crippen LogP contribution in [0.3, 0.4) is 0 Å². The molecule has 1 aliphatic rings. The van der Waals surface area contributed by atoms with Crippen LogP contribution in [-0.4, -0.2) is 87.5 Å². The fourth-order valence-corrected chi connectivity index (χ4v) is 5.50. The first kappa shape index (κ1) is 39.9. The van der Waals surface area contributed by atoms with Crippen molar-refractivity contribution in [1.82, 2.24) is 25.8 Å². The molecule has 14 heteroatoms. The van der Waals surface area contributed by atoms with E-state index in [0.29, 0.717) is 17.9 Å². The number of ether oxygens (including phenoxy) is 1. The number of hydrogen-bond donors (Lipinski definition) is 6. The molecule has 0 saturated heterocycles. The van der Waals surface area contributed by atoms with E-state index in [1.807, 2.05) is 45.9 Å². The van der Waals surface area contributed by atoms with Crippen molar-refractivity contribution < 1.29 is 34.1 Å². The third-order valence-electron chi connectivity index (χ3n) is 8.56. The highest BCUT2D eigenvalue weighted by molar-refractivity contribution is 5.87. The van der Waals surface area contributed by atoms with Crippen molar-refractivity contribution in [2.24, 2.45) is 17.6 Å². The van der Waals surface area contributed by atoms with Gasteiger partial charge in [-0.3, -0.25) is 19.3 Å². The minimum Gasteiger partial charge on any atom is -0.445 e. The Labute approximate surface area is 294 Å². The van der Waals surface area contributed by atoms with E-state index >= 15 is 0 Å². The number of aromatic nitrogens is 1. The van der Waals surface area contributed by atoms with E-state index in [1.165, 1.54) is 4.90 Å². The minimum absolute atomic E-state index is 0.0237. The van der Waals surface area contributed by atoms with Gasteiger partial charge in [-0.25, -0.2) is 9.78 Å². The Kier molecular flexibility index (Phi) is 15.6. The smallest absolute Gasteiger partial charge is 0.408 e. The second kappa shape index (κ2) is 19.6. The Bertz CT molecular complexity index is 1420. The molecule has 0 unspecified atom stereocenters. The molecule has 6 atom stereocenters. The van der Waals surface area contributed by atoms with Crippen molar-refractivity contribution in [2.45, 2.75) is 97.2 Å². The van der Waals surface area contributed by atoms with E-state index < -0.39 is 48.2 Å². The van der Waals surface area contributed by atoms with Crippen LogP contribution >= 0.6 is 0 Å². The molecule has 50 heavy (non-hydrogen) atoms. The van der Waals surface area contributed by atoms with E-state index in [9.17, 15) is 29.4 Å². The summed E-state index contributed by atoms with van der Waals surface area (Å²) in [6.07, 6.45) is 1.76. The van der Waals surface area contributed by atoms with E-state index in [-0.39, 0.29) is 50.5 Å². The van der Waals surface area contributed by atoms with Gasteiger partial charge in [-0.15, -0.1) is 0 Å². The second-order valence-electron chi connectivity index (χ2n) is 13.2. The number of nitrogens with two attached hydrogens (primary N) is 1. The number of carbonyl (C=O) groups is 4.